The Bertz CT molecular complexity index is 912. The summed E-state index contributed by atoms with van der Waals surface area (Å²) in [5.74, 6) is 0.798. The minimum absolute atomic E-state index is 0.0511. The highest BCUT2D eigenvalue weighted by Gasteiger charge is 2.11. The molecule has 0 atom stereocenters. The number of hydrogen-bond acceptors (Lipinski definition) is 5. The first-order valence-corrected chi connectivity index (χ1v) is 9.71. The lowest BCUT2D eigenvalue weighted by Gasteiger charge is -2.29. The molecule has 6 nitrogen and oxygen atoms in total. The molecule has 0 unspecified atom stereocenters. The van der Waals surface area contributed by atoms with E-state index in [0.29, 0.717) is 11.5 Å². The third kappa shape index (κ3) is 5.76. The molecule has 2 aromatic rings. The lowest BCUT2D eigenvalue weighted by Crippen LogP contribution is -2.29. The van der Waals surface area contributed by atoms with Crippen LogP contribution in [0.2, 0.25) is 0 Å². The van der Waals surface area contributed by atoms with Crippen molar-refractivity contribution in [1.82, 2.24) is 0 Å². The predicted octanol–water partition coefficient (Wildman–Crippen LogP) is 4.24. The molecule has 1 aliphatic rings. The van der Waals surface area contributed by atoms with Crippen LogP contribution in [0.15, 0.2) is 48.5 Å². The summed E-state index contributed by atoms with van der Waals surface area (Å²) in [6.07, 6.45) is 6.90. The molecule has 29 heavy (non-hydrogen) atoms. The van der Waals surface area contributed by atoms with Gasteiger partial charge in [-0.25, -0.2) is 0 Å². The van der Waals surface area contributed by atoms with Gasteiger partial charge in [-0.3, -0.25) is 4.79 Å². The molecule has 1 fully saturated rings. The molecule has 1 aliphatic heterocycles. The summed E-state index contributed by atoms with van der Waals surface area (Å²) in [5, 5.41) is 11.5. The number of rotatable bonds is 7. The topological polar surface area (TPSA) is 74.6 Å². The number of nitrogens with one attached hydrogen (secondary N) is 1. The standard InChI is InChI=1S/C23H25N3O3/c1-28-22-16-18(8-10-21(22)29-15-12-24)9-11-23(27)25-19-6-5-7-20(17-19)26-13-3-2-4-14-26/h5-11,16-17H,2-4,13-15H2,1H3,(H,25,27)/b11-9+. The molecule has 0 spiro atoms. The number of benzene rings is 2. The molecule has 6 heteroatoms. The van der Waals surface area contributed by atoms with Gasteiger partial charge < -0.3 is 19.7 Å². The monoisotopic (exact) mass is 391 g/mol. The second kappa shape index (κ2) is 10.2. The lowest BCUT2D eigenvalue weighted by molar-refractivity contribution is -0.111. The van der Waals surface area contributed by atoms with Crippen LogP contribution >= 0.6 is 0 Å². The Balaban J connectivity index is 1.63. The zero-order valence-corrected chi connectivity index (χ0v) is 16.6. The van der Waals surface area contributed by atoms with Crippen LogP contribution in [-0.2, 0) is 4.79 Å². The van der Waals surface area contributed by atoms with Gasteiger partial charge in [0.15, 0.2) is 18.1 Å². The van der Waals surface area contributed by atoms with E-state index in [1.165, 1.54) is 32.4 Å². The Labute approximate surface area is 171 Å². The van der Waals surface area contributed by atoms with Gasteiger partial charge in [0, 0.05) is 30.5 Å². The van der Waals surface area contributed by atoms with Gasteiger partial charge in [0.25, 0.3) is 0 Å². The van der Waals surface area contributed by atoms with Gasteiger partial charge in [-0.15, -0.1) is 0 Å². The molecular weight excluding hydrogens is 366 g/mol. The number of amides is 1. The highest BCUT2D eigenvalue weighted by molar-refractivity contribution is 6.02. The van der Waals surface area contributed by atoms with Crippen molar-refractivity contribution >= 4 is 23.4 Å². The van der Waals surface area contributed by atoms with E-state index in [1.807, 2.05) is 24.3 Å². The Hall–Kier alpha value is -3.46. The normalized spacial score (nSPS) is 13.7. The summed E-state index contributed by atoms with van der Waals surface area (Å²) in [5.41, 5.74) is 2.72. The van der Waals surface area contributed by atoms with E-state index in [9.17, 15) is 4.79 Å². The fraction of sp³-hybridized carbons (Fsp3) is 0.304. The van der Waals surface area contributed by atoms with Crippen LogP contribution < -0.4 is 19.7 Å². The summed E-state index contributed by atoms with van der Waals surface area (Å²) in [4.78, 5) is 14.7. The molecule has 1 N–H and O–H groups in total. The number of carbonyl (C=O) groups excluding carboxylic acids is 1. The Morgan fingerprint density at radius 1 is 1.17 bits per heavy atom. The number of nitriles is 1. The van der Waals surface area contributed by atoms with Crippen molar-refractivity contribution in [2.45, 2.75) is 19.3 Å². The quantitative estimate of drug-likeness (QED) is 0.715. The van der Waals surface area contributed by atoms with Crippen molar-refractivity contribution in [3.8, 4) is 17.6 Å². The first kappa shape index (κ1) is 20.3. The smallest absolute Gasteiger partial charge is 0.248 e. The van der Waals surface area contributed by atoms with Crippen LogP contribution in [0.1, 0.15) is 24.8 Å². The van der Waals surface area contributed by atoms with Gasteiger partial charge in [0.05, 0.1) is 7.11 Å². The number of anilines is 2. The van der Waals surface area contributed by atoms with Crippen LogP contribution in [0.5, 0.6) is 11.5 Å². The minimum Gasteiger partial charge on any atom is -0.493 e. The van der Waals surface area contributed by atoms with E-state index in [1.54, 1.807) is 24.3 Å². The molecule has 150 valence electrons. The van der Waals surface area contributed by atoms with Crippen LogP contribution in [0.4, 0.5) is 11.4 Å². The molecule has 0 aliphatic carbocycles. The van der Waals surface area contributed by atoms with Gasteiger partial charge in [-0.2, -0.15) is 5.26 Å². The second-order valence-electron chi connectivity index (χ2n) is 6.78. The minimum atomic E-state index is -0.204. The van der Waals surface area contributed by atoms with Crippen LogP contribution in [0.3, 0.4) is 0 Å². The molecule has 0 aromatic heterocycles. The van der Waals surface area contributed by atoms with Crippen molar-refractivity contribution in [2.75, 3.05) is 37.0 Å². The molecule has 0 saturated carbocycles. The number of carbonyl (C=O) groups is 1. The van der Waals surface area contributed by atoms with E-state index in [2.05, 4.69) is 16.3 Å². The van der Waals surface area contributed by atoms with Crippen LogP contribution in [0.25, 0.3) is 6.08 Å². The zero-order chi connectivity index (χ0) is 20.5. The van der Waals surface area contributed by atoms with Gasteiger partial charge in [-0.05, 0) is 61.2 Å². The van der Waals surface area contributed by atoms with Gasteiger partial charge >= 0.3 is 0 Å². The molecule has 1 amide bonds. The third-order valence-corrected chi connectivity index (χ3v) is 4.74. The van der Waals surface area contributed by atoms with Crippen molar-refractivity contribution in [2.24, 2.45) is 0 Å². The number of methoxy groups -OCH3 is 1. The highest BCUT2D eigenvalue weighted by Crippen LogP contribution is 2.28. The fourth-order valence-electron chi connectivity index (χ4n) is 3.31. The maximum atomic E-state index is 12.3. The Morgan fingerprint density at radius 2 is 2.00 bits per heavy atom. The average molecular weight is 391 g/mol. The van der Waals surface area contributed by atoms with E-state index in [0.717, 1.165) is 30.0 Å². The number of hydrogen-bond donors (Lipinski definition) is 1. The SMILES string of the molecule is COc1cc(/C=C/C(=O)Nc2cccc(N3CCCCC3)c2)ccc1OCC#N. The Kier molecular flexibility index (Phi) is 7.12. The summed E-state index contributed by atoms with van der Waals surface area (Å²) >= 11 is 0. The summed E-state index contributed by atoms with van der Waals surface area (Å²) in [6.45, 7) is 2.07. The second-order valence-corrected chi connectivity index (χ2v) is 6.78. The van der Waals surface area contributed by atoms with Gasteiger partial charge in [0.1, 0.15) is 6.07 Å². The van der Waals surface area contributed by atoms with Crippen molar-refractivity contribution in [1.29, 1.82) is 5.26 Å². The number of nitrogens with zero attached hydrogens (tertiary/aromatic N) is 2. The van der Waals surface area contributed by atoms with Crippen LogP contribution in [-0.4, -0.2) is 32.7 Å². The van der Waals surface area contributed by atoms with E-state index >= 15 is 0 Å². The van der Waals surface area contributed by atoms with E-state index in [-0.39, 0.29) is 12.5 Å². The fourth-order valence-corrected chi connectivity index (χ4v) is 3.31. The van der Waals surface area contributed by atoms with Crippen molar-refractivity contribution in [3.05, 3.63) is 54.1 Å². The third-order valence-electron chi connectivity index (χ3n) is 4.74. The first-order valence-electron chi connectivity index (χ1n) is 9.71. The number of ether oxygens (including phenoxy) is 2. The number of piperidine rings is 1. The van der Waals surface area contributed by atoms with Crippen LogP contribution in [0, 0.1) is 11.3 Å². The molecular formula is C23H25N3O3. The molecule has 2 aromatic carbocycles. The molecule has 1 saturated heterocycles. The Morgan fingerprint density at radius 3 is 2.76 bits per heavy atom. The van der Waals surface area contributed by atoms with E-state index < -0.39 is 0 Å². The first-order chi connectivity index (χ1) is 14.2. The predicted molar refractivity (Wildman–Crippen MR) is 114 cm³/mol. The van der Waals surface area contributed by atoms with Gasteiger partial charge in [-0.1, -0.05) is 12.1 Å². The zero-order valence-electron chi connectivity index (χ0n) is 16.6. The summed E-state index contributed by atoms with van der Waals surface area (Å²) in [6, 6.07) is 15.2. The summed E-state index contributed by atoms with van der Waals surface area (Å²) in [7, 11) is 1.53. The maximum absolute atomic E-state index is 12.3. The molecule has 1 heterocycles. The van der Waals surface area contributed by atoms with E-state index in [4.69, 9.17) is 14.7 Å². The average Bonchev–Trinajstić information content (AvgIpc) is 2.77. The van der Waals surface area contributed by atoms with Gasteiger partial charge in [0.2, 0.25) is 5.91 Å². The maximum Gasteiger partial charge on any atom is 0.248 e. The van der Waals surface area contributed by atoms with Crippen molar-refractivity contribution < 1.29 is 14.3 Å². The summed E-state index contributed by atoms with van der Waals surface area (Å²) < 4.78 is 10.6. The lowest BCUT2D eigenvalue weighted by atomic mass is 10.1. The largest absolute Gasteiger partial charge is 0.493 e. The highest BCUT2D eigenvalue weighted by atomic mass is 16.5. The molecule has 0 radical (unpaired) electrons. The molecule has 3 rings (SSSR count). The molecule has 0 bridgehead atoms. The van der Waals surface area contributed by atoms with Crippen molar-refractivity contribution in [3.63, 3.8) is 0 Å².